The van der Waals surface area contributed by atoms with Gasteiger partial charge in [0.1, 0.15) is 5.15 Å². The van der Waals surface area contributed by atoms with E-state index in [0.717, 1.165) is 10.4 Å². The third-order valence-corrected chi connectivity index (χ3v) is 2.72. The van der Waals surface area contributed by atoms with Gasteiger partial charge in [0.05, 0.1) is 4.88 Å². The fourth-order valence-electron chi connectivity index (χ4n) is 0.969. The Bertz CT molecular complexity index is 369. The highest BCUT2D eigenvalue weighted by Gasteiger charge is 2.04. The Morgan fingerprint density at radius 3 is 2.58 bits per heavy atom. The van der Waals surface area contributed by atoms with Gasteiger partial charge in [0, 0.05) is 0 Å². The summed E-state index contributed by atoms with van der Waals surface area (Å²) >= 11 is 7.28. The average molecular weight is 195 g/mol. The van der Waals surface area contributed by atoms with Crippen molar-refractivity contribution >= 4 is 22.9 Å². The van der Waals surface area contributed by atoms with Gasteiger partial charge in [-0.15, -0.1) is 11.3 Å². The molecule has 3 heteroatoms. The number of benzene rings is 1. The van der Waals surface area contributed by atoms with Crippen LogP contribution in [0.15, 0.2) is 30.3 Å². The van der Waals surface area contributed by atoms with E-state index in [1.54, 1.807) is 0 Å². The Kier molecular flexibility index (Phi) is 2.11. The minimum absolute atomic E-state index is 0.534. The van der Waals surface area contributed by atoms with E-state index in [-0.39, 0.29) is 0 Å². The summed E-state index contributed by atoms with van der Waals surface area (Å²) in [6.45, 7) is 0. The lowest BCUT2D eigenvalue weighted by molar-refractivity contribution is 1.41. The zero-order valence-corrected chi connectivity index (χ0v) is 7.69. The summed E-state index contributed by atoms with van der Waals surface area (Å²) in [4.78, 5) is 4.84. The van der Waals surface area contributed by atoms with E-state index in [1.165, 1.54) is 11.3 Å². The zero-order valence-electron chi connectivity index (χ0n) is 6.12. The van der Waals surface area contributed by atoms with Crippen molar-refractivity contribution in [1.29, 1.82) is 0 Å². The molecule has 12 heavy (non-hydrogen) atoms. The van der Waals surface area contributed by atoms with E-state index in [2.05, 4.69) is 10.5 Å². The van der Waals surface area contributed by atoms with Gasteiger partial charge in [-0.05, 0) is 5.56 Å². The van der Waals surface area contributed by atoms with Crippen LogP contribution in [0.3, 0.4) is 0 Å². The van der Waals surface area contributed by atoms with Gasteiger partial charge in [-0.2, -0.15) is 0 Å². The van der Waals surface area contributed by atoms with E-state index in [4.69, 9.17) is 11.6 Å². The summed E-state index contributed by atoms with van der Waals surface area (Å²) in [5, 5.41) is 0.534. The monoisotopic (exact) mass is 194 g/mol. The maximum atomic E-state index is 5.84. The third-order valence-electron chi connectivity index (χ3n) is 1.51. The SMILES string of the molecule is Clc1n[c]sc1-c1ccccc1. The highest BCUT2D eigenvalue weighted by Crippen LogP contribution is 2.29. The maximum Gasteiger partial charge on any atom is 0.154 e. The standard InChI is InChI=1S/C9H5ClNS/c10-9-8(12-6-11-9)7-4-2-1-3-5-7/h1-5H. The molecule has 1 heterocycles. The lowest BCUT2D eigenvalue weighted by atomic mass is 10.2. The van der Waals surface area contributed by atoms with Crippen LogP contribution in [0.4, 0.5) is 0 Å². The van der Waals surface area contributed by atoms with E-state index < -0.39 is 0 Å². The number of thiazole rings is 1. The van der Waals surface area contributed by atoms with Crippen LogP contribution in [-0.2, 0) is 0 Å². The summed E-state index contributed by atoms with van der Waals surface area (Å²) in [7, 11) is 0. The fraction of sp³-hybridized carbons (Fsp3) is 0. The smallest absolute Gasteiger partial charge is 0.154 e. The number of hydrogen-bond donors (Lipinski definition) is 0. The second-order valence-corrected chi connectivity index (χ2v) is 3.44. The van der Waals surface area contributed by atoms with Crippen LogP contribution in [0.5, 0.6) is 0 Å². The molecule has 2 aromatic rings. The molecule has 1 aromatic carbocycles. The molecule has 0 aliphatic heterocycles. The van der Waals surface area contributed by atoms with Crippen molar-refractivity contribution in [1.82, 2.24) is 4.98 Å². The average Bonchev–Trinajstić information content (AvgIpc) is 2.53. The number of hydrogen-bond acceptors (Lipinski definition) is 2. The number of halogens is 1. The van der Waals surface area contributed by atoms with Gasteiger partial charge in [0.25, 0.3) is 0 Å². The van der Waals surface area contributed by atoms with Crippen LogP contribution in [-0.4, -0.2) is 4.98 Å². The molecule has 0 saturated heterocycles. The molecule has 1 radical (unpaired) electrons. The molecule has 2 rings (SSSR count). The van der Waals surface area contributed by atoms with Gasteiger partial charge >= 0.3 is 0 Å². The molecule has 0 amide bonds. The van der Waals surface area contributed by atoms with Crippen molar-refractivity contribution in [3.63, 3.8) is 0 Å². The molecule has 59 valence electrons. The van der Waals surface area contributed by atoms with Crippen molar-refractivity contribution in [3.05, 3.63) is 41.0 Å². The summed E-state index contributed by atoms with van der Waals surface area (Å²) in [6.07, 6.45) is 0. The molecular weight excluding hydrogens is 190 g/mol. The maximum absolute atomic E-state index is 5.84. The molecule has 1 nitrogen and oxygen atoms in total. The van der Waals surface area contributed by atoms with Crippen LogP contribution >= 0.6 is 22.9 Å². The second kappa shape index (κ2) is 3.25. The Labute approximate surface area is 79.7 Å². The Hall–Kier alpha value is -0.860. The van der Waals surface area contributed by atoms with Gasteiger partial charge in [0.2, 0.25) is 0 Å². The lowest BCUT2D eigenvalue weighted by Crippen LogP contribution is -1.71. The van der Waals surface area contributed by atoms with Crippen molar-refractivity contribution in [2.45, 2.75) is 0 Å². The van der Waals surface area contributed by atoms with E-state index >= 15 is 0 Å². The molecule has 0 N–H and O–H groups in total. The van der Waals surface area contributed by atoms with Crippen molar-refractivity contribution in [2.24, 2.45) is 0 Å². The summed E-state index contributed by atoms with van der Waals surface area (Å²) in [5.74, 6) is 0. The highest BCUT2D eigenvalue weighted by molar-refractivity contribution is 7.13. The molecular formula is C9H5ClNS. The number of aromatic nitrogens is 1. The van der Waals surface area contributed by atoms with E-state index in [9.17, 15) is 0 Å². The predicted molar refractivity (Wildman–Crippen MR) is 51.4 cm³/mol. The zero-order chi connectivity index (χ0) is 8.39. The molecule has 0 fully saturated rings. The first-order chi connectivity index (χ1) is 5.88. The number of rotatable bonds is 1. The number of nitrogens with zero attached hydrogens (tertiary/aromatic N) is 1. The van der Waals surface area contributed by atoms with Gasteiger partial charge in [-0.1, -0.05) is 41.9 Å². The third kappa shape index (κ3) is 1.36. The van der Waals surface area contributed by atoms with Crippen LogP contribution in [0.1, 0.15) is 0 Å². The first kappa shape index (κ1) is 7.77. The molecule has 0 atom stereocenters. The Morgan fingerprint density at radius 1 is 1.25 bits per heavy atom. The van der Waals surface area contributed by atoms with Gasteiger partial charge in [-0.25, -0.2) is 4.98 Å². The molecule has 0 saturated carbocycles. The molecule has 0 aliphatic carbocycles. The predicted octanol–water partition coefficient (Wildman–Crippen LogP) is 3.26. The Morgan fingerprint density at radius 2 is 2.00 bits per heavy atom. The van der Waals surface area contributed by atoms with Gasteiger partial charge in [-0.3, -0.25) is 0 Å². The minimum atomic E-state index is 0.534. The Balaban J connectivity index is 2.51. The normalized spacial score (nSPS) is 10.1. The van der Waals surface area contributed by atoms with E-state index in [1.807, 2.05) is 30.3 Å². The van der Waals surface area contributed by atoms with Crippen LogP contribution in [0.25, 0.3) is 10.4 Å². The van der Waals surface area contributed by atoms with E-state index in [0.29, 0.717) is 5.15 Å². The summed E-state index contributed by atoms with van der Waals surface area (Å²) in [5.41, 5.74) is 3.85. The van der Waals surface area contributed by atoms with Crippen molar-refractivity contribution in [2.75, 3.05) is 0 Å². The minimum Gasteiger partial charge on any atom is -0.221 e. The van der Waals surface area contributed by atoms with Crippen LogP contribution in [0, 0.1) is 5.51 Å². The fourth-order valence-corrected chi connectivity index (χ4v) is 1.90. The molecule has 0 aliphatic rings. The lowest BCUT2D eigenvalue weighted by Gasteiger charge is -1.94. The molecule has 1 aromatic heterocycles. The highest BCUT2D eigenvalue weighted by atomic mass is 35.5. The van der Waals surface area contributed by atoms with Crippen molar-refractivity contribution < 1.29 is 0 Å². The van der Waals surface area contributed by atoms with Crippen LogP contribution in [0.2, 0.25) is 5.15 Å². The van der Waals surface area contributed by atoms with Crippen molar-refractivity contribution in [3.8, 4) is 10.4 Å². The molecule has 0 bridgehead atoms. The second-order valence-electron chi connectivity index (χ2n) is 2.29. The van der Waals surface area contributed by atoms with Crippen LogP contribution < -0.4 is 0 Å². The van der Waals surface area contributed by atoms with Gasteiger partial charge in [0.15, 0.2) is 5.51 Å². The quantitative estimate of drug-likeness (QED) is 0.679. The largest absolute Gasteiger partial charge is 0.221 e. The topological polar surface area (TPSA) is 12.9 Å². The first-order valence-electron chi connectivity index (χ1n) is 3.46. The first-order valence-corrected chi connectivity index (χ1v) is 4.65. The molecule has 0 unspecified atom stereocenters. The summed E-state index contributed by atoms with van der Waals surface area (Å²) < 4.78 is 0. The molecule has 0 spiro atoms. The summed E-state index contributed by atoms with van der Waals surface area (Å²) in [6, 6.07) is 9.94. The van der Waals surface area contributed by atoms with Gasteiger partial charge < -0.3 is 0 Å².